The van der Waals surface area contributed by atoms with Gasteiger partial charge in [-0.15, -0.1) is 0 Å². The van der Waals surface area contributed by atoms with Gasteiger partial charge in [-0.1, -0.05) is 42.5 Å². The van der Waals surface area contributed by atoms with E-state index in [1.165, 1.54) is 0 Å². The van der Waals surface area contributed by atoms with Crippen molar-refractivity contribution in [2.45, 2.75) is 52.1 Å². The van der Waals surface area contributed by atoms with Crippen LogP contribution in [0.1, 0.15) is 38.8 Å². The highest BCUT2D eigenvalue weighted by Crippen LogP contribution is 2.14. The molecule has 0 saturated heterocycles. The van der Waals surface area contributed by atoms with Crippen LogP contribution in [0.2, 0.25) is 0 Å². The summed E-state index contributed by atoms with van der Waals surface area (Å²) in [7, 11) is 1.61. The fourth-order valence-corrected chi connectivity index (χ4v) is 3.06. The van der Waals surface area contributed by atoms with Gasteiger partial charge in [0.1, 0.15) is 11.8 Å². The highest BCUT2D eigenvalue weighted by atomic mass is 16.5. The summed E-state index contributed by atoms with van der Waals surface area (Å²) in [4.78, 5) is 27.5. The normalized spacial score (nSPS) is 12.2. The maximum absolute atomic E-state index is 13.1. The van der Waals surface area contributed by atoms with Crippen LogP contribution >= 0.6 is 0 Å². The van der Waals surface area contributed by atoms with Gasteiger partial charge in [-0.25, -0.2) is 0 Å². The van der Waals surface area contributed by atoms with Gasteiger partial charge in [0.2, 0.25) is 11.8 Å². The number of hydrogen-bond donors (Lipinski definition) is 1. The molecule has 1 atom stereocenters. The van der Waals surface area contributed by atoms with Crippen LogP contribution < -0.4 is 10.1 Å². The topological polar surface area (TPSA) is 58.6 Å². The minimum atomic E-state index is -0.552. The van der Waals surface area contributed by atoms with Crippen molar-refractivity contribution in [2.24, 2.45) is 0 Å². The number of nitrogens with one attached hydrogen (secondary N) is 1. The molecule has 2 aromatic rings. The molecule has 5 nitrogen and oxygen atoms in total. The molecule has 0 aliphatic rings. The molecule has 0 unspecified atom stereocenters. The molecular formula is C24H32N2O3. The predicted octanol–water partition coefficient (Wildman–Crippen LogP) is 3.61. The van der Waals surface area contributed by atoms with Crippen molar-refractivity contribution in [1.82, 2.24) is 10.2 Å². The van der Waals surface area contributed by atoms with Crippen molar-refractivity contribution >= 4 is 11.8 Å². The summed E-state index contributed by atoms with van der Waals surface area (Å²) in [5.74, 6) is 0.538. The van der Waals surface area contributed by atoms with E-state index in [0.29, 0.717) is 13.0 Å². The van der Waals surface area contributed by atoms with E-state index in [2.05, 4.69) is 5.32 Å². The standard InChI is InChI=1S/C24H32N2O3/c1-18(23(28)25-24(2,3)4)26(16-15-19-9-7-6-8-10-19)22(27)17-20-11-13-21(29-5)14-12-20/h6-14,18H,15-17H2,1-5H3,(H,25,28)/t18-/m0/s1. The van der Waals surface area contributed by atoms with Crippen molar-refractivity contribution in [3.63, 3.8) is 0 Å². The van der Waals surface area contributed by atoms with Gasteiger partial charge >= 0.3 is 0 Å². The summed E-state index contributed by atoms with van der Waals surface area (Å²) < 4.78 is 5.18. The lowest BCUT2D eigenvalue weighted by molar-refractivity contribution is -0.140. The van der Waals surface area contributed by atoms with Crippen molar-refractivity contribution in [2.75, 3.05) is 13.7 Å². The van der Waals surface area contributed by atoms with Gasteiger partial charge in [-0.3, -0.25) is 9.59 Å². The Morgan fingerprint density at radius 3 is 2.17 bits per heavy atom. The molecule has 29 heavy (non-hydrogen) atoms. The molecule has 0 saturated carbocycles. The molecule has 2 aromatic carbocycles. The third-order valence-corrected chi connectivity index (χ3v) is 4.66. The van der Waals surface area contributed by atoms with Crippen LogP contribution in [0.3, 0.4) is 0 Å². The second kappa shape index (κ2) is 10.1. The zero-order valence-corrected chi connectivity index (χ0v) is 18.1. The minimum absolute atomic E-state index is 0.0670. The molecule has 0 spiro atoms. The Morgan fingerprint density at radius 2 is 1.62 bits per heavy atom. The highest BCUT2D eigenvalue weighted by molar-refractivity contribution is 5.88. The van der Waals surface area contributed by atoms with Crippen molar-refractivity contribution in [1.29, 1.82) is 0 Å². The Morgan fingerprint density at radius 1 is 1.00 bits per heavy atom. The fraction of sp³-hybridized carbons (Fsp3) is 0.417. The van der Waals surface area contributed by atoms with Gasteiger partial charge in [-0.2, -0.15) is 0 Å². The largest absolute Gasteiger partial charge is 0.497 e. The molecule has 1 N–H and O–H groups in total. The molecule has 2 rings (SSSR count). The Kier molecular flexibility index (Phi) is 7.82. The zero-order chi connectivity index (χ0) is 21.4. The van der Waals surface area contributed by atoms with Crippen LogP contribution in [-0.2, 0) is 22.4 Å². The monoisotopic (exact) mass is 396 g/mol. The van der Waals surface area contributed by atoms with Crippen molar-refractivity contribution in [3.8, 4) is 5.75 Å². The average molecular weight is 397 g/mol. The van der Waals surface area contributed by atoms with E-state index >= 15 is 0 Å². The van der Waals surface area contributed by atoms with Crippen LogP contribution in [0.15, 0.2) is 54.6 Å². The number of ether oxygens (including phenoxy) is 1. The first-order valence-electron chi connectivity index (χ1n) is 9.98. The Balaban J connectivity index is 2.14. The molecule has 0 radical (unpaired) electrons. The van der Waals surface area contributed by atoms with E-state index in [0.717, 1.165) is 16.9 Å². The van der Waals surface area contributed by atoms with Gasteiger partial charge in [0.25, 0.3) is 0 Å². The van der Waals surface area contributed by atoms with E-state index in [4.69, 9.17) is 4.74 Å². The van der Waals surface area contributed by atoms with E-state index < -0.39 is 6.04 Å². The molecule has 156 valence electrons. The van der Waals surface area contributed by atoms with Crippen LogP contribution in [0.25, 0.3) is 0 Å². The molecular weight excluding hydrogens is 364 g/mol. The summed E-state index contributed by atoms with van der Waals surface area (Å²) >= 11 is 0. The Bertz CT molecular complexity index is 795. The number of rotatable bonds is 8. The first kappa shape index (κ1) is 22.5. The van der Waals surface area contributed by atoms with E-state index in [1.54, 1.807) is 18.9 Å². The number of amides is 2. The summed E-state index contributed by atoms with van der Waals surface area (Å²) in [5, 5.41) is 2.98. The number of carbonyl (C=O) groups excluding carboxylic acids is 2. The van der Waals surface area contributed by atoms with Crippen LogP contribution in [-0.4, -0.2) is 41.9 Å². The number of benzene rings is 2. The summed E-state index contributed by atoms with van der Waals surface area (Å²) in [6.45, 7) is 8.08. The molecule has 0 aliphatic carbocycles. The van der Waals surface area contributed by atoms with Crippen LogP contribution in [0.4, 0.5) is 0 Å². The predicted molar refractivity (Wildman–Crippen MR) is 116 cm³/mol. The minimum Gasteiger partial charge on any atom is -0.497 e. The molecule has 0 fully saturated rings. The second-order valence-electron chi connectivity index (χ2n) is 8.26. The van der Waals surface area contributed by atoms with Crippen LogP contribution in [0, 0.1) is 0 Å². The van der Waals surface area contributed by atoms with Crippen molar-refractivity contribution < 1.29 is 14.3 Å². The lowest BCUT2D eigenvalue weighted by atomic mass is 10.1. The molecule has 0 aromatic heterocycles. The molecule has 5 heteroatoms. The van der Waals surface area contributed by atoms with E-state index in [-0.39, 0.29) is 23.8 Å². The average Bonchev–Trinajstić information content (AvgIpc) is 2.68. The second-order valence-corrected chi connectivity index (χ2v) is 8.26. The maximum atomic E-state index is 13.1. The van der Waals surface area contributed by atoms with E-state index in [9.17, 15) is 9.59 Å². The summed E-state index contributed by atoms with van der Waals surface area (Å²) in [6, 6.07) is 16.9. The maximum Gasteiger partial charge on any atom is 0.242 e. The highest BCUT2D eigenvalue weighted by Gasteiger charge is 2.28. The molecule has 0 heterocycles. The van der Waals surface area contributed by atoms with Gasteiger partial charge in [-0.05, 0) is 57.4 Å². The fourth-order valence-electron chi connectivity index (χ4n) is 3.06. The summed E-state index contributed by atoms with van der Waals surface area (Å²) in [5.41, 5.74) is 1.68. The first-order valence-corrected chi connectivity index (χ1v) is 9.98. The molecule has 2 amide bonds. The zero-order valence-electron chi connectivity index (χ0n) is 18.1. The third-order valence-electron chi connectivity index (χ3n) is 4.66. The third kappa shape index (κ3) is 7.26. The smallest absolute Gasteiger partial charge is 0.242 e. The number of methoxy groups -OCH3 is 1. The number of hydrogen-bond acceptors (Lipinski definition) is 3. The summed E-state index contributed by atoms with van der Waals surface area (Å²) in [6.07, 6.45) is 0.939. The number of nitrogens with zero attached hydrogens (tertiary/aromatic N) is 1. The SMILES string of the molecule is COc1ccc(CC(=O)N(CCc2ccccc2)[C@@H](C)C(=O)NC(C)(C)C)cc1. The van der Waals surface area contributed by atoms with Crippen molar-refractivity contribution in [3.05, 3.63) is 65.7 Å². The molecule has 0 bridgehead atoms. The quantitative estimate of drug-likeness (QED) is 0.742. The van der Waals surface area contributed by atoms with Gasteiger partial charge in [0, 0.05) is 12.1 Å². The Hall–Kier alpha value is -2.82. The lowest BCUT2D eigenvalue weighted by Crippen LogP contribution is -2.53. The van der Waals surface area contributed by atoms with Gasteiger partial charge in [0.15, 0.2) is 0 Å². The van der Waals surface area contributed by atoms with Gasteiger partial charge in [0.05, 0.1) is 13.5 Å². The Labute approximate surface area is 174 Å². The molecule has 0 aliphatic heterocycles. The van der Waals surface area contributed by atoms with E-state index in [1.807, 2.05) is 75.4 Å². The van der Waals surface area contributed by atoms with Gasteiger partial charge < -0.3 is 15.0 Å². The number of carbonyl (C=O) groups is 2. The van der Waals surface area contributed by atoms with Crippen LogP contribution in [0.5, 0.6) is 5.75 Å². The first-order chi connectivity index (χ1) is 13.7. The lowest BCUT2D eigenvalue weighted by Gasteiger charge is -2.31.